The van der Waals surface area contributed by atoms with Crippen molar-refractivity contribution in [1.29, 1.82) is 0 Å². The van der Waals surface area contributed by atoms with Crippen LogP contribution in [0.25, 0.3) is 6.08 Å². The van der Waals surface area contributed by atoms with Crippen molar-refractivity contribution < 1.29 is 33.3 Å². The van der Waals surface area contributed by atoms with E-state index in [1.54, 1.807) is 42.6 Å². The van der Waals surface area contributed by atoms with Crippen LogP contribution in [-0.4, -0.2) is 61.6 Å². The van der Waals surface area contributed by atoms with Crippen LogP contribution in [0.5, 0.6) is 17.2 Å². The zero-order valence-electron chi connectivity index (χ0n) is 22.8. The number of amides is 2. The highest BCUT2D eigenvalue weighted by Gasteiger charge is 2.32. The maximum Gasteiger partial charge on any atom is 0.311 e. The van der Waals surface area contributed by atoms with Crippen LogP contribution in [0.15, 0.2) is 58.5 Å². The number of anilines is 2. The molecule has 3 aromatic rings. The van der Waals surface area contributed by atoms with Crippen LogP contribution < -0.4 is 24.4 Å². The molecule has 0 fully saturated rings. The molecule has 2 amide bonds. The minimum Gasteiger partial charge on any atom is -0.493 e. The fourth-order valence-corrected chi connectivity index (χ4v) is 5.37. The lowest BCUT2D eigenvalue weighted by molar-refractivity contribution is -0.142. The third kappa shape index (κ3) is 7.24. The van der Waals surface area contributed by atoms with Crippen molar-refractivity contribution in [3.05, 3.63) is 64.8 Å². The SMILES string of the molecule is CCOC(=O)Cc1csc(NC(=O)CSC2=N/C(=C/c3cc(OC)c(OC)c(OC)c3)C(=O)N2c2ccccc2)n1. The van der Waals surface area contributed by atoms with E-state index in [9.17, 15) is 14.4 Å². The summed E-state index contributed by atoms with van der Waals surface area (Å²) in [5.41, 5.74) is 1.92. The Bertz CT molecular complexity index is 1460. The van der Waals surface area contributed by atoms with Gasteiger partial charge in [0.15, 0.2) is 21.8 Å². The average molecular weight is 597 g/mol. The van der Waals surface area contributed by atoms with Crippen molar-refractivity contribution in [3.63, 3.8) is 0 Å². The third-order valence-corrected chi connectivity index (χ3v) is 7.34. The lowest BCUT2D eigenvalue weighted by Crippen LogP contribution is -2.31. The number of hydrogen-bond donors (Lipinski definition) is 1. The summed E-state index contributed by atoms with van der Waals surface area (Å²) in [7, 11) is 4.53. The third-order valence-electron chi connectivity index (χ3n) is 5.60. The van der Waals surface area contributed by atoms with Gasteiger partial charge in [-0.2, -0.15) is 0 Å². The van der Waals surface area contributed by atoms with Gasteiger partial charge in [-0.15, -0.1) is 11.3 Å². The standard InChI is InChI=1S/C28H28N4O7S2/c1-5-39-24(34)14-18-15-40-27(29-18)31-23(33)16-41-28-30-20(26(35)32(28)19-9-7-6-8-10-19)11-17-12-21(36-2)25(38-4)22(13-17)37-3/h6-13,15H,5,14,16H2,1-4H3,(H,29,31,33)/b20-11+. The van der Waals surface area contributed by atoms with Crippen LogP contribution in [-0.2, 0) is 25.5 Å². The summed E-state index contributed by atoms with van der Waals surface area (Å²) in [6.07, 6.45) is 1.65. The van der Waals surface area contributed by atoms with E-state index in [0.717, 1.165) is 11.8 Å². The molecule has 0 saturated heterocycles. The lowest BCUT2D eigenvalue weighted by atomic mass is 10.1. The Balaban J connectivity index is 1.54. The second kappa shape index (κ2) is 13.8. The molecule has 1 aromatic heterocycles. The molecular formula is C28H28N4O7S2. The Kier molecular flexibility index (Phi) is 9.98. The summed E-state index contributed by atoms with van der Waals surface area (Å²) in [5.74, 6) is 0.207. The van der Waals surface area contributed by atoms with Crippen LogP contribution >= 0.6 is 23.1 Å². The number of carbonyl (C=O) groups is 3. The van der Waals surface area contributed by atoms with Crippen molar-refractivity contribution in [3.8, 4) is 17.2 Å². The van der Waals surface area contributed by atoms with Gasteiger partial charge in [0.05, 0.1) is 51.5 Å². The first-order valence-corrected chi connectivity index (χ1v) is 14.3. The van der Waals surface area contributed by atoms with Gasteiger partial charge in [0.2, 0.25) is 11.7 Å². The number of nitrogens with one attached hydrogen (secondary N) is 1. The molecule has 0 bridgehead atoms. The number of benzene rings is 2. The maximum absolute atomic E-state index is 13.5. The quantitative estimate of drug-likeness (QED) is 0.253. The zero-order chi connectivity index (χ0) is 29.4. The van der Waals surface area contributed by atoms with Gasteiger partial charge in [-0.05, 0) is 42.8 Å². The van der Waals surface area contributed by atoms with E-state index in [4.69, 9.17) is 18.9 Å². The molecule has 214 valence electrons. The summed E-state index contributed by atoms with van der Waals surface area (Å²) in [4.78, 5) is 48.2. The molecule has 13 heteroatoms. The summed E-state index contributed by atoms with van der Waals surface area (Å²) in [6, 6.07) is 12.5. The lowest BCUT2D eigenvalue weighted by Gasteiger charge is -2.17. The molecule has 0 spiro atoms. The Morgan fingerprint density at radius 1 is 1.07 bits per heavy atom. The minimum absolute atomic E-state index is 0.0281. The predicted octanol–water partition coefficient (Wildman–Crippen LogP) is 4.39. The van der Waals surface area contributed by atoms with Gasteiger partial charge in [0, 0.05) is 5.38 Å². The van der Waals surface area contributed by atoms with Crippen LogP contribution in [0.3, 0.4) is 0 Å². The average Bonchev–Trinajstić information content (AvgIpc) is 3.54. The fourth-order valence-electron chi connectivity index (χ4n) is 3.83. The number of aromatic nitrogens is 1. The Morgan fingerprint density at radius 3 is 2.41 bits per heavy atom. The summed E-state index contributed by atoms with van der Waals surface area (Å²) >= 11 is 2.32. The molecule has 2 aromatic carbocycles. The molecule has 4 rings (SSSR count). The molecule has 2 heterocycles. The smallest absolute Gasteiger partial charge is 0.311 e. The van der Waals surface area contributed by atoms with Crippen LogP contribution in [0, 0.1) is 0 Å². The fraction of sp³-hybridized carbons (Fsp3) is 0.250. The van der Waals surface area contributed by atoms with Gasteiger partial charge in [-0.3, -0.25) is 19.3 Å². The predicted molar refractivity (Wildman–Crippen MR) is 159 cm³/mol. The van der Waals surface area contributed by atoms with E-state index in [1.165, 1.54) is 37.6 Å². The maximum atomic E-state index is 13.5. The molecule has 1 aliphatic rings. The van der Waals surface area contributed by atoms with Crippen LogP contribution in [0.4, 0.5) is 10.8 Å². The number of aliphatic imine (C=N–C) groups is 1. The van der Waals surface area contributed by atoms with Crippen LogP contribution in [0.2, 0.25) is 0 Å². The molecule has 1 N–H and O–H groups in total. The first-order chi connectivity index (χ1) is 19.9. The number of thiazole rings is 1. The Morgan fingerprint density at radius 2 is 1.78 bits per heavy atom. The number of ether oxygens (including phenoxy) is 4. The molecule has 0 aliphatic carbocycles. The molecule has 0 radical (unpaired) electrons. The molecule has 11 nitrogen and oxygen atoms in total. The number of methoxy groups -OCH3 is 3. The monoisotopic (exact) mass is 596 g/mol. The molecule has 1 aliphatic heterocycles. The normalized spacial score (nSPS) is 13.7. The van der Waals surface area contributed by atoms with Gasteiger partial charge in [-0.25, -0.2) is 9.98 Å². The zero-order valence-corrected chi connectivity index (χ0v) is 24.5. The second-order valence-corrected chi connectivity index (χ2v) is 10.1. The van der Waals surface area contributed by atoms with Crippen molar-refractivity contribution in [2.45, 2.75) is 13.3 Å². The van der Waals surface area contributed by atoms with Crippen molar-refractivity contribution in [2.24, 2.45) is 4.99 Å². The van der Waals surface area contributed by atoms with E-state index in [2.05, 4.69) is 15.3 Å². The number of nitrogens with zero attached hydrogens (tertiary/aromatic N) is 3. The first kappa shape index (κ1) is 29.6. The highest BCUT2D eigenvalue weighted by Crippen LogP contribution is 2.39. The summed E-state index contributed by atoms with van der Waals surface area (Å²) < 4.78 is 21.2. The van der Waals surface area contributed by atoms with Gasteiger partial charge in [0.1, 0.15) is 5.70 Å². The number of hydrogen-bond acceptors (Lipinski definition) is 11. The number of amidine groups is 1. The highest BCUT2D eigenvalue weighted by atomic mass is 32.2. The molecular weight excluding hydrogens is 568 g/mol. The van der Waals surface area contributed by atoms with Crippen molar-refractivity contribution >= 4 is 62.9 Å². The van der Waals surface area contributed by atoms with E-state index in [0.29, 0.717) is 44.5 Å². The number of rotatable bonds is 11. The van der Waals surface area contributed by atoms with Gasteiger partial charge >= 0.3 is 5.97 Å². The minimum atomic E-state index is -0.383. The summed E-state index contributed by atoms with van der Waals surface area (Å²) in [5, 5.41) is 5.13. The molecule has 0 atom stereocenters. The van der Waals surface area contributed by atoms with Crippen LogP contribution in [0.1, 0.15) is 18.2 Å². The van der Waals surface area contributed by atoms with E-state index in [1.807, 2.05) is 18.2 Å². The largest absolute Gasteiger partial charge is 0.493 e. The van der Waals surface area contributed by atoms with Gasteiger partial charge < -0.3 is 24.3 Å². The Labute approximate surface area is 245 Å². The Hall–Kier alpha value is -4.36. The molecule has 41 heavy (non-hydrogen) atoms. The van der Waals surface area contributed by atoms with Gasteiger partial charge in [0.25, 0.3) is 5.91 Å². The van der Waals surface area contributed by atoms with E-state index < -0.39 is 0 Å². The molecule has 0 saturated carbocycles. The second-order valence-electron chi connectivity index (χ2n) is 8.32. The van der Waals surface area contributed by atoms with E-state index >= 15 is 0 Å². The number of carbonyl (C=O) groups excluding carboxylic acids is 3. The topological polar surface area (TPSA) is 129 Å². The first-order valence-electron chi connectivity index (χ1n) is 12.4. The van der Waals surface area contributed by atoms with Crippen molar-refractivity contribution in [2.75, 3.05) is 43.9 Å². The number of thioether (sulfide) groups is 1. The van der Waals surface area contributed by atoms with Gasteiger partial charge in [-0.1, -0.05) is 30.0 Å². The molecule has 0 unspecified atom stereocenters. The number of para-hydroxylation sites is 1. The van der Waals surface area contributed by atoms with E-state index in [-0.39, 0.29) is 42.3 Å². The highest BCUT2D eigenvalue weighted by molar-refractivity contribution is 8.14. The number of esters is 1. The summed E-state index contributed by atoms with van der Waals surface area (Å²) in [6.45, 7) is 2.02. The van der Waals surface area contributed by atoms with Crippen molar-refractivity contribution in [1.82, 2.24) is 4.98 Å².